The Morgan fingerprint density at radius 1 is 1.18 bits per heavy atom. The lowest BCUT2D eigenvalue weighted by Crippen LogP contribution is -2.56. The van der Waals surface area contributed by atoms with E-state index in [1.165, 1.54) is 4.90 Å². The van der Waals surface area contributed by atoms with Gasteiger partial charge in [-0.25, -0.2) is 0 Å². The Morgan fingerprint density at radius 3 is 2.57 bits per heavy atom. The molecule has 0 bridgehead atoms. The van der Waals surface area contributed by atoms with Crippen molar-refractivity contribution in [3.05, 3.63) is 36.0 Å². The first-order valence-electron chi connectivity index (χ1n) is 8.56. The number of para-hydroxylation sites is 1. The van der Waals surface area contributed by atoms with Crippen molar-refractivity contribution in [3.63, 3.8) is 0 Å². The van der Waals surface area contributed by atoms with Gasteiger partial charge in [0.15, 0.2) is 0 Å². The molecule has 0 atom stereocenters. The Hall–Kier alpha value is -3.17. The van der Waals surface area contributed by atoms with E-state index in [2.05, 4.69) is 4.98 Å². The minimum absolute atomic E-state index is 0.0277. The molecule has 0 radical (unpaired) electrons. The van der Waals surface area contributed by atoms with Crippen LogP contribution in [0.15, 0.2) is 30.5 Å². The van der Waals surface area contributed by atoms with Crippen molar-refractivity contribution in [1.29, 1.82) is 16.2 Å². The maximum absolute atomic E-state index is 12.7. The van der Waals surface area contributed by atoms with E-state index in [4.69, 9.17) is 16.2 Å². The Balaban J connectivity index is 1.57. The highest BCUT2D eigenvalue weighted by molar-refractivity contribution is 6.05. The topological polar surface area (TPSA) is 111 Å². The van der Waals surface area contributed by atoms with Crippen LogP contribution in [-0.4, -0.2) is 63.9 Å². The van der Waals surface area contributed by atoms with E-state index in [0.717, 1.165) is 16.5 Å². The highest BCUT2D eigenvalue weighted by Gasteiger charge is 2.41. The molecule has 0 saturated carbocycles. The molecule has 1 aliphatic rings. The fraction of sp³-hybridized carbons (Fsp3) is 0.333. The average Bonchev–Trinajstić information content (AvgIpc) is 3.03. The fourth-order valence-electron chi connectivity index (χ4n) is 3.18. The molecule has 0 unspecified atom stereocenters. The molecule has 1 fully saturated rings. The zero-order valence-corrected chi connectivity index (χ0v) is 14.9. The van der Waals surface area contributed by atoms with Gasteiger partial charge in [-0.05, 0) is 11.6 Å². The van der Waals surface area contributed by atoms with Crippen molar-refractivity contribution >= 4 is 34.2 Å². The maximum Gasteiger partial charge on any atom is 0.449 e. The highest BCUT2D eigenvalue weighted by Crippen LogP contribution is 2.21. The number of aromatic amines is 1. The summed E-state index contributed by atoms with van der Waals surface area (Å²) in [5.41, 5.74) is 2.02. The van der Waals surface area contributed by atoms with E-state index in [9.17, 15) is 18.0 Å². The van der Waals surface area contributed by atoms with E-state index in [-0.39, 0.29) is 38.2 Å². The highest BCUT2D eigenvalue weighted by atomic mass is 19.4. The number of carbonyl (C=O) groups excluding carboxylic acids is 1. The van der Waals surface area contributed by atoms with Crippen molar-refractivity contribution in [2.45, 2.75) is 19.0 Å². The molecule has 4 N–H and O–H groups in total. The number of fused-ring (bicyclic) bond motifs is 1. The van der Waals surface area contributed by atoms with Gasteiger partial charge in [0, 0.05) is 42.3 Å². The zero-order chi connectivity index (χ0) is 20.5. The summed E-state index contributed by atoms with van der Waals surface area (Å²) in [6.45, 7) is -0.601. The van der Waals surface area contributed by atoms with Crippen LogP contribution in [0.25, 0.3) is 10.9 Å². The van der Waals surface area contributed by atoms with Crippen LogP contribution in [0.2, 0.25) is 0 Å². The second kappa shape index (κ2) is 7.45. The summed E-state index contributed by atoms with van der Waals surface area (Å²) < 4.78 is 38.0. The fourth-order valence-corrected chi connectivity index (χ4v) is 3.18. The molecule has 1 aliphatic heterocycles. The Labute approximate surface area is 158 Å². The van der Waals surface area contributed by atoms with Gasteiger partial charge in [-0.1, -0.05) is 18.2 Å². The number of nitrogens with one attached hydrogen (secondary N) is 4. The third-order valence-corrected chi connectivity index (χ3v) is 4.59. The number of H-pyrrole nitrogens is 1. The molecule has 28 heavy (non-hydrogen) atoms. The Bertz CT molecular complexity index is 948. The summed E-state index contributed by atoms with van der Waals surface area (Å²) in [5.74, 6) is -2.46. The van der Waals surface area contributed by atoms with Crippen molar-refractivity contribution in [2.24, 2.45) is 0 Å². The minimum Gasteiger partial charge on any atom is -0.361 e. The van der Waals surface area contributed by atoms with Gasteiger partial charge in [0.05, 0.1) is 13.0 Å². The summed E-state index contributed by atoms with van der Waals surface area (Å²) in [6.07, 6.45) is -2.92. The molecule has 7 nitrogen and oxygen atoms in total. The van der Waals surface area contributed by atoms with E-state index in [1.807, 2.05) is 24.3 Å². The van der Waals surface area contributed by atoms with Crippen molar-refractivity contribution in [2.75, 3.05) is 19.6 Å². The standard InChI is InChI=1S/C18H19F3N6O/c19-18(20,21)17(24)27-6-5-26(10-15(27)23)16(28)8-12(22)7-11-9-25-14-4-2-1-3-13(11)14/h1-4,9,22-25H,5-8,10H2. The summed E-state index contributed by atoms with van der Waals surface area (Å²) in [6, 6.07) is 7.62. The van der Waals surface area contributed by atoms with E-state index >= 15 is 0 Å². The SMILES string of the molecule is N=C(CC(=O)N1CCN(C(=N)C(F)(F)F)C(=N)C1)Cc1c[nH]c2ccccc12. The first-order chi connectivity index (χ1) is 13.2. The number of rotatable bonds is 4. The number of nitrogens with zero attached hydrogens (tertiary/aromatic N) is 2. The number of amidine groups is 2. The Morgan fingerprint density at radius 2 is 1.89 bits per heavy atom. The number of hydrogen-bond donors (Lipinski definition) is 4. The molecule has 1 saturated heterocycles. The van der Waals surface area contributed by atoms with Gasteiger partial charge in [0.25, 0.3) is 0 Å². The minimum atomic E-state index is -4.83. The molecule has 1 aromatic carbocycles. The molecule has 148 valence electrons. The molecule has 10 heteroatoms. The van der Waals surface area contributed by atoms with Gasteiger partial charge in [-0.15, -0.1) is 0 Å². The summed E-state index contributed by atoms with van der Waals surface area (Å²) in [7, 11) is 0. The van der Waals surface area contributed by atoms with Crippen LogP contribution in [0.3, 0.4) is 0 Å². The van der Waals surface area contributed by atoms with E-state index in [1.54, 1.807) is 6.20 Å². The van der Waals surface area contributed by atoms with Crippen molar-refractivity contribution in [3.8, 4) is 0 Å². The van der Waals surface area contributed by atoms with Gasteiger partial charge in [0.2, 0.25) is 11.7 Å². The second-order valence-corrected chi connectivity index (χ2v) is 6.58. The number of amides is 1. The third-order valence-electron chi connectivity index (χ3n) is 4.59. The van der Waals surface area contributed by atoms with Gasteiger partial charge in [-0.2, -0.15) is 13.2 Å². The van der Waals surface area contributed by atoms with Crippen LogP contribution in [-0.2, 0) is 11.2 Å². The van der Waals surface area contributed by atoms with Crippen LogP contribution in [0.1, 0.15) is 12.0 Å². The summed E-state index contributed by atoms with van der Waals surface area (Å²) in [5, 5.41) is 24.0. The number of carbonyl (C=O) groups is 1. The molecule has 2 aromatic rings. The molecular formula is C18H19F3N6O. The lowest BCUT2D eigenvalue weighted by atomic mass is 10.0. The maximum atomic E-state index is 12.7. The van der Waals surface area contributed by atoms with E-state index in [0.29, 0.717) is 4.90 Å². The van der Waals surface area contributed by atoms with Crippen LogP contribution >= 0.6 is 0 Å². The summed E-state index contributed by atoms with van der Waals surface area (Å²) >= 11 is 0. The normalized spacial score (nSPS) is 15.2. The van der Waals surface area contributed by atoms with Crippen LogP contribution < -0.4 is 0 Å². The number of halogens is 3. The quantitative estimate of drug-likeness (QED) is 0.474. The first kappa shape index (κ1) is 19.6. The number of hydrogen-bond acceptors (Lipinski definition) is 4. The largest absolute Gasteiger partial charge is 0.449 e. The predicted octanol–water partition coefficient (Wildman–Crippen LogP) is 2.78. The predicted molar refractivity (Wildman–Crippen MR) is 99.1 cm³/mol. The molecule has 1 aromatic heterocycles. The average molecular weight is 392 g/mol. The third kappa shape index (κ3) is 4.05. The van der Waals surface area contributed by atoms with Gasteiger partial charge < -0.3 is 20.2 Å². The monoisotopic (exact) mass is 392 g/mol. The number of aromatic nitrogens is 1. The second-order valence-electron chi connectivity index (χ2n) is 6.58. The van der Waals surface area contributed by atoms with E-state index < -0.39 is 23.8 Å². The van der Waals surface area contributed by atoms with Gasteiger partial charge in [0.1, 0.15) is 5.84 Å². The lowest BCUT2D eigenvalue weighted by molar-refractivity contribution is -0.129. The molecule has 0 spiro atoms. The van der Waals surface area contributed by atoms with Gasteiger partial charge >= 0.3 is 6.18 Å². The van der Waals surface area contributed by atoms with Crippen molar-refractivity contribution < 1.29 is 18.0 Å². The zero-order valence-electron chi connectivity index (χ0n) is 14.9. The molecular weight excluding hydrogens is 373 g/mol. The van der Waals surface area contributed by atoms with Crippen LogP contribution in [0.4, 0.5) is 13.2 Å². The Kier molecular flexibility index (Phi) is 5.21. The number of piperazine rings is 1. The molecule has 1 amide bonds. The molecule has 2 heterocycles. The molecule has 3 rings (SSSR count). The lowest BCUT2D eigenvalue weighted by Gasteiger charge is -2.36. The summed E-state index contributed by atoms with van der Waals surface area (Å²) in [4.78, 5) is 17.3. The molecule has 0 aliphatic carbocycles. The first-order valence-corrected chi connectivity index (χ1v) is 8.56. The number of benzene rings is 1. The van der Waals surface area contributed by atoms with Crippen LogP contribution in [0, 0.1) is 16.2 Å². The van der Waals surface area contributed by atoms with Crippen molar-refractivity contribution in [1.82, 2.24) is 14.8 Å². The smallest absolute Gasteiger partial charge is 0.361 e. The van der Waals surface area contributed by atoms with Crippen LogP contribution in [0.5, 0.6) is 0 Å². The van der Waals surface area contributed by atoms with Gasteiger partial charge in [-0.3, -0.25) is 15.6 Å². The number of alkyl halides is 3.